The monoisotopic (exact) mass is 263 g/mol. The van der Waals surface area contributed by atoms with Crippen molar-refractivity contribution in [3.8, 4) is 6.07 Å². The highest BCUT2D eigenvalue weighted by molar-refractivity contribution is 7.16. The van der Waals surface area contributed by atoms with Gasteiger partial charge in [-0.05, 0) is 18.4 Å². The number of nitrogens with two attached hydrogens (primary N) is 1. The predicted octanol–water partition coefficient (Wildman–Crippen LogP) is 2.28. The summed E-state index contributed by atoms with van der Waals surface area (Å²) in [4.78, 5) is 14.9. The summed E-state index contributed by atoms with van der Waals surface area (Å²) in [5.41, 5.74) is 7.50. The van der Waals surface area contributed by atoms with Crippen molar-refractivity contribution in [2.24, 2.45) is 0 Å². The van der Waals surface area contributed by atoms with E-state index in [1.54, 1.807) is 0 Å². The van der Waals surface area contributed by atoms with Gasteiger partial charge in [-0.25, -0.2) is 0 Å². The lowest BCUT2D eigenvalue weighted by Crippen LogP contribution is -2.35. The fourth-order valence-corrected chi connectivity index (χ4v) is 3.33. The van der Waals surface area contributed by atoms with Crippen molar-refractivity contribution in [3.05, 3.63) is 16.0 Å². The molecule has 0 aliphatic carbocycles. The summed E-state index contributed by atoms with van der Waals surface area (Å²) in [6.07, 6.45) is 3.36. The highest BCUT2D eigenvalue weighted by Crippen LogP contribution is 2.34. The summed E-state index contributed by atoms with van der Waals surface area (Å²) >= 11 is 1.45. The third-order valence-corrected chi connectivity index (χ3v) is 4.34. The van der Waals surface area contributed by atoms with Gasteiger partial charge in [0.2, 0.25) is 5.91 Å². The van der Waals surface area contributed by atoms with E-state index in [1.807, 2.05) is 4.90 Å². The topological polar surface area (TPSA) is 70.1 Å². The van der Waals surface area contributed by atoms with Crippen molar-refractivity contribution in [2.45, 2.75) is 39.2 Å². The number of thiophene rings is 1. The zero-order valence-corrected chi connectivity index (χ0v) is 11.3. The van der Waals surface area contributed by atoms with E-state index < -0.39 is 0 Å². The average Bonchev–Trinajstić information content (AvgIpc) is 2.69. The van der Waals surface area contributed by atoms with E-state index in [0.29, 0.717) is 30.1 Å². The van der Waals surface area contributed by atoms with Gasteiger partial charge < -0.3 is 10.6 Å². The molecule has 0 atom stereocenters. The highest BCUT2D eigenvalue weighted by atomic mass is 32.1. The molecule has 0 aromatic carbocycles. The fourth-order valence-electron chi connectivity index (χ4n) is 2.25. The van der Waals surface area contributed by atoms with E-state index >= 15 is 0 Å². The van der Waals surface area contributed by atoms with Gasteiger partial charge in [-0.15, -0.1) is 11.3 Å². The zero-order valence-electron chi connectivity index (χ0n) is 10.5. The maximum absolute atomic E-state index is 12.0. The second-order valence-corrected chi connectivity index (χ2v) is 5.66. The van der Waals surface area contributed by atoms with Crippen LogP contribution in [0.15, 0.2) is 0 Å². The van der Waals surface area contributed by atoms with Gasteiger partial charge in [0.1, 0.15) is 11.1 Å². The molecule has 0 saturated carbocycles. The Bertz CT molecular complexity index is 501. The molecule has 0 unspecified atom stereocenters. The third kappa shape index (κ3) is 2.34. The first-order valence-corrected chi connectivity index (χ1v) is 7.06. The molecule has 2 rings (SSSR count). The standard InChI is InChI=1S/C13H17N3OS/c1-2-3-4-12(17)16-6-5-9-10(7-14)13(15)18-11(9)8-16/h2-6,8,15H2,1H3. The number of fused-ring (bicyclic) bond motifs is 1. The van der Waals surface area contributed by atoms with Crippen molar-refractivity contribution >= 4 is 22.2 Å². The molecule has 0 spiro atoms. The molecule has 4 nitrogen and oxygen atoms in total. The van der Waals surface area contributed by atoms with E-state index in [-0.39, 0.29) is 5.91 Å². The summed E-state index contributed by atoms with van der Waals surface area (Å²) in [5, 5.41) is 9.64. The van der Waals surface area contributed by atoms with Crippen molar-refractivity contribution in [2.75, 3.05) is 12.3 Å². The second-order valence-electron chi connectivity index (χ2n) is 4.52. The summed E-state index contributed by atoms with van der Waals surface area (Å²) < 4.78 is 0. The number of anilines is 1. The maximum atomic E-state index is 12.0. The molecule has 1 aromatic rings. The SMILES string of the molecule is CCCCC(=O)N1CCc2c(sc(N)c2C#N)C1. The van der Waals surface area contributed by atoms with Crippen molar-refractivity contribution < 1.29 is 4.79 Å². The minimum absolute atomic E-state index is 0.216. The molecule has 96 valence electrons. The van der Waals surface area contributed by atoms with Crippen molar-refractivity contribution in [1.29, 1.82) is 5.26 Å². The van der Waals surface area contributed by atoms with E-state index in [0.717, 1.165) is 29.7 Å². The van der Waals surface area contributed by atoms with Crippen LogP contribution in [-0.2, 0) is 17.8 Å². The van der Waals surface area contributed by atoms with Crippen LogP contribution in [0, 0.1) is 11.3 Å². The normalized spacial score (nSPS) is 14.1. The van der Waals surface area contributed by atoms with E-state index in [9.17, 15) is 4.79 Å². The number of carbonyl (C=O) groups excluding carboxylic acids is 1. The zero-order chi connectivity index (χ0) is 13.1. The van der Waals surface area contributed by atoms with Gasteiger partial charge in [0.15, 0.2) is 0 Å². The van der Waals surface area contributed by atoms with Gasteiger partial charge in [-0.1, -0.05) is 13.3 Å². The average molecular weight is 263 g/mol. The second kappa shape index (κ2) is 5.40. The van der Waals surface area contributed by atoms with Gasteiger partial charge in [0.05, 0.1) is 12.1 Å². The lowest BCUT2D eigenvalue weighted by Gasteiger charge is -2.27. The van der Waals surface area contributed by atoms with Crippen LogP contribution < -0.4 is 5.73 Å². The summed E-state index contributed by atoms with van der Waals surface area (Å²) in [6, 6.07) is 2.16. The largest absolute Gasteiger partial charge is 0.389 e. The van der Waals surface area contributed by atoms with E-state index in [1.165, 1.54) is 11.3 Å². The Morgan fingerprint density at radius 2 is 2.39 bits per heavy atom. The van der Waals surface area contributed by atoms with Crippen LogP contribution in [0.3, 0.4) is 0 Å². The molecule has 2 heterocycles. The molecule has 0 bridgehead atoms. The molecule has 0 radical (unpaired) electrons. The maximum Gasteiger partial charge on any atom is 0.222 e. The molecule has 1 aliphatic rings. The molecule has 1 amide bonds. The number of nitrogen functional groups attached to an aromatic ring is 1. The molecule has 18 heavy (non-hydrogen) atoms. The van der Waals surface area contributed by atoms with Crippen LogP contribution in [0.25, 0.3) is 0 Å². The van der Waals surface area contributed by atoms with Crippen LogP contribution in [0.4, 0.5) is 5.00 Å². The van der Waals surface area contributed by atoms with Crippen LogP contribution in [-0.4, -0.2) is 17.4 Å². The summed E-state index contributed by atoms with van der Waals surface area (Å²) in [5.74, 6) is 0.216. The number of rotatable bonds is 3. The molecule has 1 aliphatic heterocycles. The number of hydrogen-bond acceptors (Lipinski definition) is 4. The molecule has 1 aromatic heterocycles. The first kappa shape index (κ1) is 12.9. The Morgan fingerprint density at radius 1 is 1.61 bits per heavy atom. The fraction of sp³-hybridized carbons (Fsp3) is 0.538. The lowest BCUT2D eigenvalue weighted by molar-refractivity contribution is -0.132. The van der Waals surface area contributed by atoms with Crippen LogP contribution in [0.2, 0.25) is 0 Å². The van der Waals surface area contributed by atoms with Gasteiger partial charge >= 0.3 is 0 Å². The van der Waals surface area contributed by atoms with Gasteiger partial charge in [-0.3, -0.25) is 4.79 Å². The number of carbonyl (C=O) groups is 1. The lowest BCUT2D eigenvalue weighted by atomic mass is 10.0. The predicted molar refractivity (Wildman–Crippen MR) is 72.1 cm³/mol. The quantitative estimate of drug-likeness (QED) is 0.909. The molecule has 0 fully saturated rings. The van der Waals surface area contributed by atoms with Crippen molar-refractivity contribution in [3.63, 3.8) is 0 Å². The first-order valence-electron chi connectivity index (χ1n) is 6.25. The minimum Gasteiger partial charge on any atom is -0.389 e. The number of hydrogen-bond donors (Lipinski definition) is 1. The summed E-state index contributed by atoms with van der Waals surface area (Å²) in [6.45, 7) is 3.41. The number of nitriles is 1. The number of unbranched alkanes of at least 4 members (excludes halogenated alkanes) is 1. The Labute approximate surface area is 111 Å². The van der Waals surface area contributed by atoms with E-state index in [4.69, 9.17) is 11.0 Å². The summed E-state index contributed by atoms with van der Waals surface area (Å²) in [7, 11) is 0. The Balaban J connectivity index is 2.11. The Kier molecular flexibility index (Phi) is 3.87. The van der Waals surface area contributed by atoms with Crippen LogP contribution in [0.5, 0.6) is 0 Å². The molecule has 5 heteroatoms. The van der Waals surface area contributed by atoms with Crippen LogP contribution >= 0.6 is 11.3 Å². The Hall–Kier alpha value is -1.54. The molecular formula is C13H17N3OS. The Morgan fingerprint density at radius 3 is 3.06 bits per heavy atom. The number of amides is 1. The third-order valence-electron chi connectivity index (χ3n) is 3.29. The van der Waals surface area contributed by atoms with Crippen molar-refractivity contribution in [1.82, 2.24) is 4.90 Å². The number of nitrogens with zero attached hydrogens (tertiary/aromatic N) is 2. The minimum atomic E-state index is 0.216. The van der Waals surface area contributed by atoms with Gasteiger partial charge in [-0.2, -0.15) is 5.26 Å². The smallest absolute Gasteiger partial charge is 0.222 e. The van der Waals surface area contributed by atoms with Gasteiger partial charge in [0.25, 0.3) is 0 Å². The van der Waals surface area contributed by atoms with Crippen LogP contribution in [0.1, 0.15) is 42.2 Å². The molecule has 2 N–H and O–H groups in total. The molecule has 0 saturated heterocycles. The molecular weight excluding hydrogens is 246 g/mol. The highest BCUT2D eigenvalue weighted by Gasteiger charge is 2.25. The first-order chi connectivity index (χ1) is 8.67. The van der Waals surface area contributed by atoms with Gasteiger partial charge in [0, 0.05) is 17.8 Å². The van der Waals surface area contributed by atoms with E-state index in [2.05, 4.69) is 13.0 Å².